The number of aromatic nitrogens is 2. The molecule has 10 atom stereocenters. The predicted octanol–water partition coefficient (Wildman–Crippen LogP) is 3.39. The van der Waals surface area contributed by atoms with Crippen LogP contribution in [0.5, 0.6) is 5.75 Å². The van der Waals surface area contributed by atoms with E-state index in [4.69, 9.17) is 23.7 Å². The fraction of sp³-hybridized carbons (Fsp3) is 0.467. The molecule has 0 radical (unpaired) electrons. The molecule has 1 aromatic carbocycles. The number of Topliss-reactive ketones (excluding diaryl/α,β-unsaturated/α-hetero) is 2. The highest BCUT2D eigenvalue weighted by molar-refractivity contribution is 6.15. The Balaban J connectivity index is 1.32. The van der Waals surface area contributed by atoms with Crippen LogP contribution in [0.1, 0.15) is 64.4 Å². The quantitative estimate of drug-likeness (QED) is 0.0882. The van der Waals surface area contributed by atoms with E-state index >= 15 is 0 Å². The molecule has 2 bridgehead atoms. The number of aromatic amines is 1. The smallest absolute Gasteiger partial charge is 0.411 e. The number of ketones is 2. The van der Waals surface area contributed by atoms with Gasteiger partial charge in [0.25, 0.3) is 5.79 Å². The fourth-order valence-electron chi connectivity index (χ4n) is 8.43. The number of aromatic hydroxyl groups is 1. The largest absolute Gasteiger partial charge is 0.508 e. The van der Waals surface area contributed by atoms with Crippen LogP contribution in [-0.4, -0.2) is 116 Å². The van der Waals surface area contributed by atoms with E-state index in [2.05, 4.69) is 44.3 Å². The van der Waals surface area contributed by atoms with Gasteiger partial charge in [-0.1, -0.05) is 51.5 Å². The van der Waals surface area contributed by atoms with Gasteiger partial charge in [-0.05, 0) is 61.6 Å². The monoisotopic (exact) mass is 838 g/mol. The van der Waals surface area contributed by atoms with E-state index in [1.165, 1.54) is 30.5 Å². The Morgan fingerprint density at radius 1 is 1.13 bits per heavy atom. The molecule has 7 N–H and O–H groups in total. The molecule has 61 heavy (non-hydrogen) atoms. The molecule has 2 saturated heterocycles. The summed E-state index contributed by atoms with van der Waals surface area (Å²) in [5.41, 5.74) is -2.14. The molecule has 0 saturated carbocycles. The van der Waals surface area contributed by atoms with E-state index in [1.54, 1.807) is 32.0 Å². The van der Waals surface area contributed by atoms with E-state index in [0.717, 1.165) is 7.11 Å². The number of hydrogen-bond donors (Lipinski definition) is 7. The summed E-state index contributed by atoms with van der Waals surface area (Å²) in [5.74, 6) is 5.09. The van der Waals surface area contributed by atoms with Gasteiger partial charge in [-0.3, -0.25) is 19.9 Å². The molecule has 3 aromatic rings. The molecular weight excluding hydrogens is 789 g/mol. The van der Waals surface area contributed by atoms with Crippen LogP contribution in [0.25, 0.3) is 21.8 Å². The van der Waals surface area contributed by atoms with Gasteiger partial charge in [0, 0.05) is 46.6 Å². The van der Waals surface area contributed by atoms with Gasteiger partial charge >= 0.3 is 6.09 Å². The zero-order valence-electron chi connectivity index (χ0n) is 34.6. The molecule has 2 fully saturated rings. The van der Waals surface area contributed by atoms with E-state index in [1.807, 2.05) is 20.8 Å². The number of allylic oxidation sites excluding steroid dienone is 4. The number of carbonyl (C=O) groups is 3. The van der Waals surface area contributed by atoms with Crippen LogP contribution < -0.4 is 10.6 Å². The van der Waals surface area contributed by atoms with Crippen LogP contribution in [-0.2, 0) is 28.5 Å². The maximum absolute atomic E-state index is 14.7. The molecule has 4 heterocycles. The first-order chi connectivity index (χ1) is 29.1. The SMILES string of the molecule is CC/C=C1\C2=C(NC(=O)OC)C(=O)C[C@@]1(O)C#C/C=C\C#C[C@]2(O)OC1OC(C)C(C(=O)c2nccc3c2[nH]c2ccc(O)cc23)C(O)C1OC1CC(C)C(NC(C)C)CO1. The zero-order valence-corrected chi connectivity index (χ0v) is 34.6. The molecule has 1 amide bonds. The third-order valence-corrected chi connectivity index (χ3v) is 11.3. The number of hydrogen-bond acceptors (Lipinski definition) is 14. The third kappa shape index (κ3) is 8.59. The number of phenolic OH excluding ortho intramolecular Hbond substituents is 1. The van der Waals surface area contributed by atoms with Crippen molar-refractivity contribution in [3.05, 3.63) is 71.2 Å². The summed E-state index contributed by atoms with van der Waals surface area (Å²) >= 11 is 0. The Bertz CT molecular complexity index is 2450. The van der Waals surface area contributed by atoms with Crippen molar-refractivity contribution in [1.82, 2.24) is 20.6 Å². The molecule has 2 aromatic heterocycles. The van der Waals surface area contributed by atoms with Gasteiger partial charge in [0.15, 0.2) is 29.7 Å². The molecule has 322 valence electrons. The summed E-state index contributed by atoms with van der Waals surface area (Å²) in [6.07, 6.45) is -2.51. The minimum absolute atomic E-state index is 0.00120. The summed E-state index contributed by atoms with van der Waals surface area (Å²) in [6.45, 7) is 9.63. The lowest BCUT2D eigenvalue weighted by molar-refractivity contribution is -0.353. The van der Waals surface area contributed by atoms with Crippen LogP contribution in [0, 0.1) is 35.5 Å². The molecule has 2 aliphatic carbocycles. The first-order valence-electron chi connectivity index (χ1n) is 20.2. The van der Waals surface area contributed by atoms with E-state index in [0.29, 0.717) is 28.2 Å². The Hall–Kier alpha value is -5.40. The number of nitrogens with one attached hydrogen (secondary N) is 3. The van der Waals surface area contributed by atoms with Crippen molar-refractivity contribution in [3.8, 4) is 29.4 Å². The minimum atomic E-state index is -2.89. The number of benzene rings is 1. The number of H-pyrrole nitrogens is 1. The molecule has 7 rings (SSSR count). The first kappa shape index (κ1) is 43.7. The number of alkyl carbamates (subject to hydrolysis) is 1. The third-order valence-electron chi connectivity index (χ3n) is 11.3. The normalized spacial score (nSPS) is 32.6. The Labute approximate surface area is 352 Å². The lowest BCUT2D eigenvalue weighted by Crippen LogP contribution is -2.61. The van der Waals surface area contributed by atoms with Crippen molar-refractivity contribution < 1.29 is 58.5 Å². The average molecular weight is 839 g/mol. The van der Waals surface area contributed by atoms with Gasteiger partial charge in [0.1, 0.15) is 17.5 Å². The molecule has 0 spiro atoms. The van der Waals surface area contributed by atoms with Crippen LogP contribution >= 0.6 is 0 Å². The van der Waals surface area contributed by atoms with Crippen LogP contribution in [0.2, 0.25) is 0 Å². The van der Waals surface area contributed by atoms with Gasteiger partial charge in [-0.2, -0.15) is 0 Å². The highest BCUT2D eigenvalue weighted by Gasteiger charge is 2.56. The summed E-state index contributed by atoms with van der Waals surface area (Å²) in [7, 11) is 1.09. The number of methoxy groups -OCH3 is 1. The molecule has 2 aliphatic heterocycles. The highest BCUT2D eigenvalue weighted by Crippen LogP contribution is 2.44. The highest BCUT2D eigenvalue weighted by atomic mass is 16.8. The fourth-order valence-corrected chi connectivity index (χ4v) is 8.43. The van der Waals surface area contributed by atoms with Crippen molar-refractivity contribution in [3.63, 3.8) is 0 Å². The summed E-state index contributed by atoms with van der Waals surface area (Å²) in [6, 6.07) is 6.64. The van der Waals surface area contributed by atoms with Crippen LogP contribution in [0.4, 0.5) is 4.79 Å². The van der Waals surface area contributed by atoms with Gasteiger partial charge in [0.2, 0.25) is 0 Å². The Morgan fingerprint density at radius 2 is 1.89 bits per heavy atom. The van der Waals surface area contributed by atoms with Crippen molar-refractivity contribution >= 4 is 39.5 Å². The van der Waals surface area contributed by atoms with Crippen molar-refractivity contribution in [2.45, 2.75) is 108 Å². The van der Waals surface area contributed by atoms with Crippen LogP contribution in [0.3, 0.4) is 0 Å². The van der Waals surface area contributed by atoms with Crippen molar-refractivity contribution in [2.24, 2.45) is 11.8 Å². The Kier molecular flexibility index (Phi) is 12.6. The average Bonchev–Trinajstić information content (AvgIpc) is 3.58. The number of rotatable bonds is 10. The lowest BCUT2D eigenvalue weighted by atomic mass is 9.74. The number of nitrogens with zero attached hydrogens (tertiary/aromatic N) is 1. The zero-order chi connectivity index (χ0) is 43.8. The summed E-state index contributed by atoms with van der Waals surface area (Å²) < 4.78 is 30.3. The molecular formula is C45H50N4O12. The number of carbonyl (C=O) groups excluding carboxylic acids is 3. The number of ether oxygens (including phenoxy) is 5. The Morgan fingerprint density at radius 3 is 2.59 bits per heavy atom. The molecule has 4 aliphatic rings. The minimum Gasteiger partial charge on any atom is -0.508 e. The number of fused-ring (bicyclic) bond motifs is 5. The van der Waals surface area contributed by atoms with Gasteiger partial charge < -0.3 is 54.4 Å². The van der Waals surface area contributed by atoms with Gasteiger partial charge in [-0.25, -0.2) is 4.79 Å². The topological polar surface area (TPSA) is 231 Å². The van der Waals surface area contributed by atoms with E-state index < -0.39 is 83.5 Å². The van der Waals surface area contributed by atoms with Gasteiger partial charge in [-0.15, -0.1) is 0 Å². The van der Waals surface area contributed by atoms with E-state index in [-0.39, 0.29) is 48.0 Å². The number of phenols is 1. The number of amides is 1. The van der Waals surface area contributed by atoms with E-state index in [9.17, 15) is 34.8 Å². The predicted molar refractivity (Wildman–Crippen MR) is 220 cm³/mol. The van der Waals surface area contributed by atoms with Gasteiger partial charge in [0.05, 0.1) is 55.1 Å². The second-order valence-corrected chi connectivity index (χ2v) is 16.0. The van der Waals surface area contributed by atoms with Crippen molar-refractivity contribution in [2.75, 3.05) is 13.7 Å². The number of pyridine rings is 1. The second-order valence-electron chi connectivity index (χ2n) is 16.0. The summed E-state index contributed by atoms with van der Waals surface area (Å²) in [5, 5.41) is 54.5. The number of aliphatic hydroxyl groups is 3. The lowest BCUT2D eigenvalue weighted by Gasteiger charge is -2.47. The maximum atomic E-state index is 14.7. The van der Waals surface area contributed by atoms with Crippen molar-refractivity contribution in [1.29, 1.82) is 0 Å². The molecule has 16 heteroatoms. The number of aliphatic hydroxyl groups excluding tert-OH is 1. The molecule has 16 nitrogen and oxygen atoms in total. The standard InChI is InChI=1S/C45H50N4O12/c1-7-12-29-35-37(49-43(54)57-6)32(51)21-44(29,55)16-10-8-9-11-17-45(35,56)61-42-41(60-33-19-24(4)31(22-58-33)47-23(2)3)40(53)34(25(5)59-42)39(52)38-36-27(15-18-46-38)28-20-26(50)13-14-30(28)48-36/h8-9,12-15,18,20,23-25,31,33-34,40-42,47-48,50,53,55-56H,7,19,21-22H2,1-6H3,(H,49,54)/b9-8-,29-12+/t24?,25?,31?,33?,34?,40?,41?,42?,44-,45-/m0/s1. The molecule has 8 unspecified atom stereocenters. The van der Waals surface area contributed by atoms with Crippen LogP contribution in [0.15, 0.2) is 65.5 Å². The second kappa shape index (κ2) is 17.5. The first-order valence-corrected chi connectivity index (χ1v) is 20.2. The maximum Gasteiger partial charge on any atom is 0.411 e. The summed E-state index contributed by atoms with van der Waals surface area (Å²) in [4.78, 5) is 48.9.